The Bertz CT molecular complexity index is 382. The van der Waals surface area contributed by atoms with Gasteiger partial charge in [0, 0.05) is 4.47 Å². The minimum absolute atomic E-state index is 0.169. The standard InChI is InChI=1S/C8H7BrF2N2O/c1-3-4(9)2-5(8(12)14)13-6(3)7(10)11/h2,7H,1H3,(H2,12,14). The van der Waals surface area contributed by atoms with Crippen LogP contribution >= 0.6 is 15.9 Å². The number of amides is 1. The van der Waals surface area contributed by atoms with Crippen molar-refractivity contribution in [3.63, 3.8) is 0 Å². The quantitative estimate of drug-likeness (QED) is 0.891. The molecule has 0 radical (unpaired) electrons. The zero-order valence-corrected chi connectivity index (χ0v) is 8.81. The lowest BCUT2D eigenvalue weighted by Gasteiger charge is -2.07. The van der Waals surface area contributed by atoms with E-state index in [0.29, 0.717) is 10.0 Å². The molecule has 1 amide bonds. The number of nitrogens with two attached hydrogens (primary N) is 1. The molecule has 0 bridgehead atoms. The number of alkyl halides is 2. The third-order valence-corrected chi connectivity index (χ3v) is 2.53. The first-order valence-corrected chi connectivity index (χ1v) is 4.47. The number of carbonyl (C=O) groups excluding carboxylic acids is 1. The second-order valence-corrected chi connectivity index (χ2v) is 3.52. The van der Waals surface area contributed by atoms with Gasteiger partial charge in [0.1, 0.15) is 11.4 Å². The smallest absolute Gasteiger partial charge is 0.280 e. The van der Waals surface area contributed by atoms with Gasteiger partial charge in [0.05, 0.1) is 0 Å². The van der Waals surface area contributed by atoms with E-state index >= 15 is 0 Å². The van der Waals surface area contributed by atoms with Crippen LogP contribution in [0.5, 0.6) is 0 Å². The first kappa shape index (κ1) is 11.0. The molecular weight excluding hydrogens is 258 g/mol. The highest BCUT2D eigenvalue weighted by Gasteiger charge is 2.17. The molecule has 0 atom stereocenters. The average Bonchev–Trinajstić information content (AvgIpc) is 2.08. The molecule has 0 saturated heterocycles. The summed E-state index contributed by atoms with van der Waals surface area (Å²) in [6.45, 7) is 1.49. The largest absolute Gasteiger partial charge is 0.364 e. The molecule has 0 aliphatic rings. The zero-order valence-electron chi connectivity index (χ0n) is 7.22. The monoisotopic (exact) mass is 264 g/mol. The van der Waals surface area contributed by atoms with Crippen molar-refractivity contribution in [2.24, 2.45) is 5.73 Å². The van der Waals surface area contributed by atoms with Crippen LogP contribution in [0, 0.1) is 6.92 Å². The number of primary amides is 1. The van der Waals surface area contributed by atoms with Crippen molar-refractivity contribution < 1.29 is 13.6 Å². The van der Waals surface area contributed by atoms with Gasteiger partial charge >= 0.3 is 0 Å². The van der Waals surface area contributed by atoms with Crippen molar-refractivity contribution in [3.8, 4) is 0 Å². The normalized spacial score (nSPS) is 10.6. The van der Waals surface area contributed by atoms with Crippen LogP contribution in [0.1, 0.15) is 28.2 Å². The lowest BCUT2D eigenvalue weighted by Crippen LogP contribution is -2.15. The molecule has 14 heavy (non-hydrogen) atoms. The van der Waals surface area contributed by atoms with Gasteiger partial charge in [-0.3, -0.25) is 4.79 Å². The predicted octanol–water partition coefficient (Wildman–Crippen LogP) is 2.19. The fourth-order valence-electron chi connectivity index (χ4n) is 0.935. The molecule has 2 N–H and O–H groups in total. The van der Waals surface area contributed by atoms with E-state index in [1.807, 2.05) is 0 Å². The first-order chi connectivity index (χ1) is 6.43. The minimum Gasteiger partial charge on any atom is -0.364 e. The molecule has 0 spiro atoms. The molecule has 1 rings (SSSR count). The van der Waals surface area contributed by atoms with Crippen molar-refractivity contribution in [3.05, 3.63) is 27.5 Å². The number of carbonyl (C=O) groups is 1. The van der Waals surface area contributed by atoms with E-state index in [1.54, 1.807) is 0 Å². The summed E-state index contributed by atoms with van der Waals surface area (Å²) >= 11 is 3.05. The summed E-state index contributed by atoms with van der Waals surface area (Å²) in [7, 11) is 0. The highest BCUT2D eigenvalue weighted by Crippen LogP contribution is 2.26. The van der Waals surface area contributed by atoms with E-state index in [4.69, 9.17) is 5.73 Å². The molecule has 1 aromatic heterocycles. The molecule has 1 heterocycles. The summed E-state index contributed by atoms with van der Waals surface area (Å²) in [5, 5.41) is 0. The molecule has 6 heteroatoms. The molecule has 0 saturated carbocycles. The van der Waals surface area contributed by atoms with Gasteiger partial charge in [0.2, 0.25) is 0 Å². The Morgan fingerprint density at radius 2 is 2.21 bits per heavy atom. The van der Waals surface area contributed by atoms with Gasteiger partial charge in [-0.05, 0) is 18.6 Å². The fourth-order valence-corrected chi connectivity index (χ4v) is 1.36. The molecule has 0 fully saturated rings. The first-order valence-electron chi connectivity index (χ1n) is 3.68. The summed E-state index contributed by atoms with van der Waals surface area (Å²) in [6.07, 6.45) is -2.72. The Hall–Kier alpha value is -1.04. The number of halogens is 3. The van der Waals surface area contributed by atoms with Crippen molar-refractivity contribution in [2.45, 2.75) is 13.3 Å². The lowest BCUT2D eigenvalue weighted by atomic mass is 10.2. The van der Waals surface area contributed by atoms with E-state index in [0.717, 1.165) is 0 Å². The average molecular weight is 265 g/mol. The lowest BCUT2D eigenvalue weighted by molar-refractivity contribution is 0.0993. The van der Waals surface area contributed by atoms with Crippen molar-refractivity contribution >= 4 is 21.8 Å². The van der Waals surface area contributed by atoms with Gasteiger partial charge in [-0.25, -0.2) is 13.8 Å². The Labute approximate surface area is 87.4 Å². The fraction of sp³-hybridized carbons (Fsp3) is 0.250. The highest BCUT2D eigenvalue weighted by molar-refractivity contribution is 9.10. The van der Waals surface area contributed by atoms with Crippen LogP contribution in [-0.2, 0) is 0 Å². The molecule has 0 aliphatic heterocycles. The van der Waals surface area contributed by atoms with E-state index in [-0.39, 0.29) is 5.69 Å². The Morgan fingerprint density at radius 3 is 2.64 bits per heavy atom. The minimum atomic E-state index is -2.72. The van der Waals surface area contributed by atoms with Gasteiger partial charge in [-0.2, -0.15) is 0 Å². The maximum Gasteiger partial charge on any atom is 0.280 e. The van der Waals surface area contributed by atoms with E-state index < -0.39 is 18.0 Å². The molecule has 0 unspecified atom stereocenters. The van der Waals surface area contributed by atoms with Gasteiger partial charge in [-0.1, -0.05) is 15.9 Å². The maximum absolute atomic E-state index is 12.4. The van der Waals surface area contributed by atoms with Crippen LogP contribution in [0.4, 0.5) is 8.78 Å². The number of rotatable bonds is 2. The van der Waals surface area contributed by atoms with Crippen LogP contribution < -0.4 is 5.73 Å². The van der Waals surface area contributed by atoms with Gasteiger partial charge < -0.3 is 5.73 Å². The van der Waals surface area contributed by atoms with Gasteiger partial charge in [0.15, 0.2) is 0 Å². The molecular formula is C8H7BrF2N2O. The molecule has 1 aromatic rings. The predicted molar refractivity (Wildman–Crippen MR) is 50.1 cm³/mol. The van der Waals surface area contributed by atoms with Crippen molar-refractivity contribution in [1.29, 1.82) is 0 Å². The topological polar surface area (TPSA) is 56.0 Å². The van der Waals surface area contributed by atoms with Crippen molar-refractivity contribution in [2.75, 3.05) is 0 Å². The summed E-state index contributed by atoms with van der Waals surface area (Å²) < 4.78 is 25.2. The number of aromatic nitrogens is 1. The van der Waals surface area contributed by atoms with Crippen LogP contribution in [-0.4, -0.2) is 10.9 Å². The van der Waals surface area contributed by atoms with E-state index in [1.165, 1.54) is 13.0 Å². The van der Waals surface area contributed by atoms with Crippen LogP contribution in [0.3, 0.4) is 0 Å². The summed E-state index contributed by atoms with van der Waals surface area (Å²) in [5.74, 6) is -0.826. The summed E-state index contributed by atoms with van der Waals surface area (Å²) in [5.41, 5.74) is 4.65. The molecule has 76 valence electrons. The van der Waals surface area contributed by atoms with Crippen LogP contribution in [0.15, 0.2) is 10.5 Å². The Morgan fingerprint density at radius 1 is 1.64 bits per heavy atom. The number of nitrogens with zero attached hydrogens (tertiary/aromatic N) is 1. The molecule has 3 nitrogen and oxygen atoms in total. The van der Waals surface area contributed by atoms with Gasteiger partial charge in [0.25, 0.3) is 12.3 Å². The number of pyridine rings is 1. The van der Waals surface area contributed by atoms with E-state index in [2.05, 4.69) is 20.9 Å². The van der Waals surface area contributed by atoms with Crippen molar-refractivity contribution in [1.82, 2.24) is 4.98 Å². The highest BCUT2D eigenvalue weighted by atomic mass is 79.9. The summed E-state index contributed by atoms with van der Waals surface area (Å²) in [6, 6.07) is 1.32. The zero-order chi connectivity index (χ0) is 10.9. The van der Waals surface area contributed by atoms with Crippen LogP contribution in [0.25, 0.3) is 0 Å². The van der Waals surface area contributed by atoms with Gasteiger partial charge in [-0.15, -0.1) is 0 Å². The molecule has 0 aliphatic carbocycles. The second-order valence-electron chi connectivity index (χ2n) is 2.66. The third kappa shape index (κ3) is 2.06. The van der Waals surface area contributed by atoms with E-state index in [9.17, 15) is 13.6 Å². The second kappa shape index (κ2) is 4.00. The number of hydrogen-bond donors (Lipinski definition) is 1. The third-order valence-electron chi connectivity index (χ3n) is 1.71. The Balaban J connectivity index is 3.35. The van der Waals surface area contributed by atoms with Crippen LogP contribution in [0.2, 0.25) is 0 Å². The molecule has 0 aromatic carbocycles. The Kier molecular flexibility index (Phi) is 3.15. The maximum atomic E-state index is 12.4. The number of hydrogen-bond acceptors (Lipinski definition) is 2. The summed E-state index contributed by atoms with van der Waals surface area (Å²) in [4.78, 5) is 14.2. The SMILES string of the molecule is Cc1c(Br)cc(C(N)=O)nc1C(F)F.